The van der Waals surface area contributed by atoms with Crippen molar-refractivity contribution in [1.29, 1.82) is 0 Å². The molecule has 0 heterocycles. The lowest BCUT2D eigenvalue weighted by molar-refractivity contribution is -0.171. The minimum Gasteiger partial charge on any atom is -0.479 e. The summed E-state index contributed by atoms with van der Waals surface area (Å²) in [6, 6.07) is 0. The van der Waals surface area contributed by atoms with E-state index in [1.807, 2.05) is 0 Å². The molecule has 0 amide bonds. The third kappa shape index (κ3) is 4.39. The van der Waals surface area contributed by atoms with Gasteiger partial charge in [0.2, 0.25) is 0 Å². The quantitative estimate of drug-likeness (QED) is 0.482. The summed E-state index contributed by atoms with van der Waals surface area (Å²) in [7, 11) is 0. The van der Waals surface area contributed by atoms with Crippen LogP contribution in [0.4, 0.5) is 0 Å². The second-order valence-electron chi connectivity index (χ2n) is 3.02. The third-order valence-corrected chi connectivity index (χ3v) is 1.80. The van der Waals surface area contributed by atoms with Crippen LogP contribution in [0.1, 0.15) is 29.4 Å². The average Bonchev–Trinajstić information content (AvgIpc) is 2.14. The molecule has 6 heteroatoms. The molecule has 0 aromatic rings. The van der Waals surface area contributed by atoms with Crippen molar-refractivity contribution in [2.75, 3.05) is 13.2 Å². The number of rotatable bonds is 8. The van der Waals surface area contributed by atoms with Crippen LogP contribution < -0.4 is 0 Å². The first-order chi connectivity index (χ1) is 8.19. The highest BCUT2D eigenvalue weighted by atomic mass is 16.5. The third-order valence-electron chi connectivity index (χ3n) is 1.80. The average molecular weight is 234 g/mol. The van der Waals surface area contributed by atoms with E-state index in [0.717, 1.165) is 6.92 Å². The topological polar surface area (TPSA) is 89.9 Å². The summed E-state index contributed by atoms with van der Waals surface area (Å²) in [5.41, 5.74) is -2.03. The van der Waals surface area contributed by atoms with Gasteiger partial charge in [-0.15, -0.1) is 0 Å². The van der Waals surface area contributed by atoms with E-state index >= 15 is 0 Å². The first kappa shape index (κ1) is 11.1. The van der Waals surface area contributed by atoms with Gasteiger partial charge in [-0.3, -0.25) is 4.79 Å². The molecule has 0 aromatic carbocycles. The summed E-state index contributed by atoms with van der Waals surface area (Å²) in [5, 5.41) is 9.09. The fourth-order valence-electron chi connectivity index (χ4n) is 1.07. The Labute approximate surface area is 96.3 Å². The Morgan fingerprint density at radius 3 is 2.56 bits per heavy atom. The fourth-order valence-corrected chi connectivity index (χ4v) is 1.07. The van der Waals surface area contributed by atoms with Crippen molar-refractivity contribution < 1.29 is 31.7 Å². The van der Waals surface area contributed by atoms with Gasteiger partial charge in [0.1, 0.15) is 6.29 Å². The van der Waals surface area contributed by atoms with Gasteiger partial charge in [-0.2, -0.15) is 0 Å². The molecule has 16 heavy (non-hydrogen) atoms. The molecule has 0 spiro atoms. The molecule has 1 atom stereocenters. The summed E-state index contributed by atoms with van der Waals surface area (Å²) in [5.74, 6) is -2.37. The van der Waals surface area contributed by atoms with Gasteiger partial charge in [0.05, 0.1) is 9.30 Å². The maximum Gasteiger partial charge on any atom is 0.336 e. The largest absolute Gasteiger partial charge is 0.479 e. The van der Waals surface area contributed by atoms with E-state index in [9.17, 15) is 14.4 Å². The molecular formula is C10H16O6. The van der Waals surface area contributed by atoms with Gasteiger partial charge in [0.15, 0.2) is 5.60 Å². The van der Waals surface area contributed by atoms with E-state index in [4.69, 9.17) is 12.6 Å². The zero-order valence-corrected chi connectivity index (χ0v) is 9.19. The Bertz CT molecular complexity index is 330. The van der Waals surface area contributed by atoms with E-state index in [-0.39, 0.29) is 6.61 Å². The molecule has 6 nitrogen and oxygen atoms in total. The number of carbonyl (C=O) groups excluding carboxylic acids is 2. The molecule has 92 valence electrons. The summed E-state index contributed by atoms with van der Waals surface area (Å²) < 4.78 is 24.2. The van der Waals surface area contributed by atoms with Crippen LogP contribution >= 0.6 is 0 Å². The molecule has 0 aliphatic carbocycles. The minimum atomic E-state index is -2.53. The van der Waals surface area contributed by atoms with Crippen molar-refractivity contribution in [2.24, 2.45) is 0 Å². The molecule has 1 unspecified atom stereocenters. The highest BCUT2D eigenvalue weighted by Gasteiger charge is 2.39. The Kier molecular flexibility index (Phi) is 4.80. The maximum absolute atomic E-state index is 11.2. The number of hydrogen-bond acceptors (Lipinski definition) is 5. The van der Waals surface area contributed by atoms with Crippen molar-refractivity contribution in [3.63, 3.8) is 0 Å². The first-order valence-corrected chi connectivity index (χ1v) is 4.69. The number of aldehydes is 1. The van der Waals surface area contributed by atoms with Crippen molar-refractivity contribution in [3.8, 4) is 0 Å². The molecular weight excluding hydrogens is 216 g/mol. The molecule has 0 bridgehead atoms. The molecule has 0 saturated carbocycles. The van der Waals surface area contributed by atoms with Gasteiger partial charge < -0.3 is 19.4 Å². The zero-order valence-electron chi connectivity index (χ0n) is 11.2. The highest BCUT2D eigenvalue weighted by molar-refractivity contribution is 5.81. The Balaban J connectivity index is 5.13. The van der Waals surface area contributed by atoms with Crippen molar-refractivity contribution in [3.05, 3.63) is 0 Å². The monoisotopic (exact) mass is 234 g/mol. The molecule has 0 aromatic heterocycles. The number of esters is 1. The van der Waals surface area contributed by atoms with Crippen LogP contribution in [0.5, 0.6) is 0 Å². The van der Waals surface area contributed by atoms with E-state index < -0.39 is 36.9 Å². The van der Waals surface area contributed by atoms with Crippen LogP contribution in [-0.4, -0.2) is 42.1 Å². The Morgan fingerprint density at radius 2 is 2.19 bits per heavy atom. The molecule has 0 aliphatic heterocycles. The number of carbonyl (C=O) groups is 3. The van der Waals surface area contributed by atoms with Crippen LogP contribution in [-0.2, 0) is 23.9 Å². The van der Waals surface area contributed by atoms with Crippen LogP contribution in [0, 0.1) is 0 Å². The Morgan fingerprint density at radius 1 is 1.56 bits per heavy atom. The van der Waals surface area contributed by atoms with Gasteiger partial charge in [0, 0.05) is 26.4 Å². The summed E-state index contributed by atoms with van der Waals surface area (Å²) in [4.78, 5) is 32.4. The molecule has 0 rings (SSSR count). The molecule has 0 radical (unpaired) electrons. The lowest BCUT2D eigenvalue weighted by Crippen LogP contribution is -2.43. The van der Waals surface area contributed by atoms with Gasteiger partial charge in [-0.1, -0.05) is 0 Å². The maximum atomic E-state index is 11.2. The van der Waals surface area contributed by atoms with Gasteiger partial charge in [-0.25, -0.2) is 4.79 Å². The van der Waals surface area contributed by atoms with Crippen LogP contribution in [0.15, 0.2) is 0 Å². The number of hydrogen-bond donors (Lipinski definition) is 1. The molecule has 0 fully saturated rings. The molecule has 0 aliphatic rings. The lowest BCUT2D eigenvalue weighted by Gasteiger charge is -2.26. The van der Waals surface area contributed by atoms with E-state index in [0.29, 0.717) is 6.29 Å². The lowest BCUT2D eigenvalue weighted by atomic mass is 9.96. The zero-order chi connectivity index (χ0) is 14.4. The van der Waals surface area contributed by atoms with Crippen molar-refractivity contribution in [1.82, 2.24) is 0 Å². The number of carboxylic acid groups (broad SMARTS) is 1. The first-order valence-electron chi connectivity index (χ1n) is 5.69. The summed E-state index contributed by atoms with van der Waals surface area (Å²) in [6.07, 6.45) is -0.966. The van der Waals surface area contributed by atoms with Crippen molar-refractivity contribution in [2.45, 2.75) is 32.3 Å². The summed E-state index contributed by atoms with van der Waals surface area (Å²) >= 11 is 0. The van der Waals surface area contributed by atoms with Crippen LogP contribution in [0.3, 0.4) is 0 Å². The normalized spacial score (nSPS) is 16.6. The number of ether oxygens (including phenoxy) is 2. The van der Waals surface area contributed by atoms with Gasteiger partial charge >= 0.3 is 11.9 Å². The van der Waals surface area contributed by atoms with Crippen LogP contribution in [0.25, 0.3) is 0 Å². The van der Waals surface area contributed by atoms with Gasteiger partial charge in [-0.05, 0) is 6.92 Å². The SMILES string of the molecule is [2H]C([2H])(CC(CC=O)(OCC)C(=O)O)OC(C)=O. The predicted molar refractivity (Wildman–Crippen MR) is 53.9 cm³/mol. The Hall–Kier alpha value is -1.43. The predicted octanol–water partition coefficient (Wildman–Crippen LogP) is 0.388. The molecule has 1 N–H and O–H groups in total. The highest BCUT2D eigenvalue weighted by Crippen LogP contribution is 2.20. The standard InChI is InChI=1S/C10H16O6/c1-3-16-10(4-6-11,9(13)14)5-7-15-8(2)12/h6H,3-5,7H2,1-2H3,(H,13,14)/i7D2. The second kappa shape index (κ2) is 6.95. The minimum absolute atomic E-state index is 0.0176. The van der Waals surface area contributed by atoms with Crippen molar-refractivity contribution >= 4 is 18.2 Å². The fraction of sp³-hybridized carbons (Fsp3) is 0.700. The van der Waals surface area contributed by atoms with E-state index in [1.54, 1.807) is 0 Å². The molecule has 0 saturated heterocycles. The second-order valence-corrected chi connectivity index (χ2v) is 3.02. The van der Waals surface area contributed by atoms with Crippen LogP contribution in [0.2, 0.25) is 0 Å². The number of aliphatic carboxylic acids is 1. The smallest absolute Gasteiger partial charge is 0.336 e. The van der Waals surface area contributed by atoms with E-state index in [1.165, 1.54) is 6.92 Å². The summed E-state index contributed by atoms with van der Waals surface area (Å²) in [6.45, 7) is -0.0245. The van der Waals surface area contributed by atoms with Gasteiger partial charge in [0.25, 0.3) is 0 Å². The van der Waals surface area contributed by atoms with E-state index in [2.05, 4.69) is 4.74 Å². The number of carboxylic acids is 1.